The zero-order chi connectivity index (χ0) is 10.1. The standard InChI is InChI=1S/C10H7FN2S/c11-7-4-6-2-1-3-13-9(6)8(5-7)10(12)14/h1-5H,(H2,12,14). The number of aromatic nitrogens is 1. The van der Waals surface area contributed by atoms with Crippen LogP contribution >= 0.6 is 12.2 Å². The number of hydrogen-bond donors (Lipinski definition) is 1. The summed E-state index contributed by atoms with van der Waals surface area (Å²) in [6, 6.07) is 6.22. The smallest absolute Gasteiger partial charge is 0.124 e. The van der Waals surface area contributed by atoms with Crippen LogP contribution in [0.3, 0.4) is 0 Å². The van der Waals surface area contributed by atoms with Crippen molar-refractivity contribution in [2.75, 3.05) is 0 Å². The lowest BCUT2D eigenvalue weighted by Crippen LogP contribution is -2.10. The fraction of sp³-hybridized carbons (Fsp3) is 0. The summed E-state index contributed by atoms with van der Waals surface area (Å²) in [5, 5.41) is 0.704. The maximum Gasteiger partial charge on any atom is 0.124 e. The third-order valence-corrected chi connectivity index (χ3v) is 2.16. The van der Waals surface area contributed by atoms with E-state index in [-0.39, 0.29) is 10.8 Å². The molecule has 1 aromatic carbocycles. The lowest BCUT2D eigenvalue weighted by atomic mass is 10.1. The number of halogens is 1. The molecule has 2 N–H and O–H groups in total. The Morgan fingerprint density at radius 3 is 2.93 bits per heavy atom. The average Bonchev–Trinajstić information content (AvgIpc) is 2.16. The largest absolute Gasteiger partial charge is 0.389 e. The minimum Gasteiger partial charge on any atom is -0.389 e. The van der Waals surface area contributed by atoms with Crippen LogP contribution in [0.25, 0.3) is 10.9 Å². The van der Waals surface area contributed by atoms with Crippen molar-refractivity contribution >= 4 is 28.1 Å². The summed E-state index contributed by atoms with van der Waals surface area (Å²) >= 11 is 4.82. The van der Waals surface area contributed by atoms with E-state index in [1.165, 1.54) is 12.1 Å². The highest BCUT2D eigenvalue weighted by molar-refractivity contribution is 7.80. The molecule has 1 aromatic heterocycles. The Kier molecular flexibility index (Phi) is 2.13. The first-order valence-corrected chi connectivity index (χ1v) is 4.43. The summed E-state index contributed by atoms with van der Waals surface area (Å²) in [6.07, 6.45) is 1.63. The summed E-state index contributed by atoms with van der Waals surface area (Å²) in [6.45, 7) is 0. The molecule has 2 nitrogen and oxygen atoms in total. The topological polar surface area (TPSA) is 38.9 Å². The van der Waals surface area contributed by atoms with Gasteiger partial charge >= 0.3 is 0 Å². The van der Waals surface area contributed by atoms with Gasteiger partial charge in [0.05, 0.1) is 5.52 Å². The second-order valence-electron chi connectivity index (χ2n) is 2.89. The molecular formula is C10H7FN2S. The maximum atomic E-state index is 13.1. The Balaban J connectivity index is 2.87. The molecule has 70 valence electrons. The summed E-state index contributed by atoms with van der Waals surface area (Å²) in [5.41, 5.74) is 6.60. The minimum absolute atomic E-state index is 0.160. The van der Waals surface area contributed by atoms with E-state index in [9.17, 15) is 4.39 Å². The molecule has 0 saturated heterocycles. The number of thiocarbonyl (C=S) groups is 1. The lowest BCUT2D eigenvalue weighted by molar-refractivity contribution is 0.629. The van der Waals surface area contributed by atoms with Crippen molar-refractivity contribution in [3.05, 3.63) is 41.8 Å². The Bertz CT molecular complexity index is 510. The second kappa shape index (κ2) is 3.31. The fourth-order valence-electron chi connectivity index (χ4n) is 1.34. The van der Waals surface area contributed by atoms with Gasteiger partial charge in [0.1, 0.15) is 10.8 Å². The van der Waals surface area contributed by atoms with Crippen molar-refractivity contribution in [3.8, 4) is 0 Å². The van der Waals surface area contributed by atoms with E-state index in [1.54, 1.807) is 18.3 Å². The molecule has 0 saturated carbocycles. The van der Waals surface area contributed by atoms with E-state index < -0.39 is 0 Å². The molecular weight excluding hydrogens is 199 g/mol. The van der Waals surface area contributed by atoms with Crippen LogP contribution in [0.15, 0.2) is 30.5 Å². The zero-order valence-corrected chi connectivity index (χ0v) is 8.01. The third-order valence-electron chi connectivity index (χ3n) is 1.94. The van der Waals surface area contributed by atoms with Crippen LogP contribution in [0.4, 0.5) is 4.39 Å². The first-order chi connectivity index (χ1) is 6.68. The van der Waals surface area contributed by atoms with Crippen LogP contribution in [0, 0.1) is 5.82 Å². The molecule has 0 bridgehead atoms. The normalized spacial score (nSPS) is 10.4. The van der Waals surface area contributed by atoms with Crippen molar-refractivity contribution in [2.45, 2.75) is 0 Å². The summed E-state index contributed by atoms with van der Waals surface area (Å²) < 4.78 is 13.1. The molecule has 0 unspecified atom stereocenters. The van der Waals surface area contributed by atoms with Crippen molar-refractivity contribution in [1.29, 1.82) is 0 Å². The summed E-state index contributed by atoms with van der Waals surface area (Å²) in [7, 11) is 0. The van der Waals surface area contributed by atoms with Crippen molar-refractivity contribution in [1.82, 2.24) is 4.98 Å². The first-order valence-electron chi connectivity index (χ1n) is 4.02. The number of nitrogens with zero attached hydrogens (tertiary/aromatic N) is 1. The molecule has 0 aliphatic carbocycles. The number of benzene rings is 1. The van der Waals surface area contributed by atoms with E-state index in [1.807, 2.05) is 0 Å². The van der Waals surface area contributed by atoms with Crippen molar-refractivity contribution in [3.63, 3.8) is 0 Å². The molecule has 2 aromatic rings. The molecule has 0 radical (unpaired) electrons. The van der Waals surface area contributed by atoms with Crippen LogP contribution in [0.1, 0.15) is 5.56 Å². The Labute approximate surface area is 85.6 Å². The number of rotatable bonds is 1. The summed E-state index contributed by atoms with van der Waals surface area (Å²) in [4.78, 5) is 4.27. The van der Waals surface area contributed by atoms with E-state index in [4.69, 9.17) is 18.0 Å². The minimum atomic E-state index is -0.353. The number of nitrogens with two attached hydrogens (primary N) is 1. The Hall–Kier alpha value is -1.55. The van der Waals surface area contributed by atoms with Crippen LogP contribution in [-0.2, 0) is 0 Å². The van der Waals surface area contributed by atoms with Crippen LogP contribution in [-0.4, -0.2) is 9.97 Å². The van der Waals surface area contributed by atoms with Crippen LogP contribution < -0.4 is 5.73 Å². The monoisotopic (exact) mass is 206 g/mol. The molecule has 2 rings (SSSR count). The number of pyridine rings is 1. The van der Waals surface area contributed by atoms with Gasteiger partial charge in [-0.1, -0.05) is 18.3 Å². The van der Waals surface area contributed by atoms with Gasteiger partial charge in [-0.15, -0.1) is 0 Å². The average molecular weight is 206 g/mol. The molecule has 0 spiro atoms. The van der Waals surface area contributed by atoms with E-state index >= 15 is 0 Å². The number of fused-ring (bicyclic) bond motifs is 1. The first kappa shape index (κ1) is 9.02. The van der Waals surface area contributed by atoms with Gasteiger partial charge in [0.15, 0.2) is 0 Å². The highest BCUT2D eigenvalue weighted by Crippen LogP contribution is 2.17. The lowest BCUT2D eigenvalue weighted by Gasteiger charge is -2.03. The molecule has 14 heavy (non-hydrogen) atoms. The molecule has 0 aliphatic heterocycles. The van der Waals surface area contributed by atoms with Crippen molar-refractivity contribution in [2.24, 2.45) is 5.73 Å². The van der Waals surface area contributed by atoms with Crippen LogP contribution in [0.5, 0.6) is 0 Å². The quantitative estimate of drug-likeness (QED) is 0.725. The predicted molar refractivity (Wildman–Crippen MR) is 57.6 cm³/mol. The van der Waals surface area contributed by atoms with Gasteiger partial charge in [-0.3, -0.25) is 4.98 Å². The molecule has 4 heteroatoms. The number of hydrogen-bond acceptors (Lipinski definition) is 2. The van der Waals surface area contributed by atoms with Crippen LogP contribution in [0.2, 0.25) is 0 Å². The second-order valence-corrected chi connectivity index (χ2v) is 3.33. The third kappa shape index (κ3) is 1.44. The van der Waals surface area contributed by atoms with Gasteiger partial charge in [0.25, 0.3) is 0 Å². The fourth-order valence-corrected chi connectivity index (χ4v) is 1.50. The SMILES string of the molecule is NC(=S)c1cc(F)cc2cccnc12. The van der Waals surface area contributed by atoms with E-state index in [2.05, 4.69) is 4.98 Å². The Morgan fingerprint density at radius 2 is 2.21 bits per heavy atom. The summed E-state index contributed by atoms with van der Waals surface area (Å²) in [5.74, 6) is -0.353. The van der Waals surface area contributed by atoms with Gasteiger partial charge in [-0.05, 0) is 18.2 Å². The molecule has 0 aliphatic rings. The highest BCUT2D eigenvalue weighted by Gasteiger charge is 2.06. The molecule has 1 heterocycles. The molecule has 0 amide bonds. The molecule has 0 atom stereocenters. The van der Waals surface area contributed by atoms with E-state index in [0.29, 0.717) is 16.5 Å². The Morgan fingerprint density at radius 1 is 1.43 bits per heavy atom. The highest BCUT2D eigenvalue weighted by atomic mass is 32.1. The van der Waals surface area contributed by atoms with Crippen molar-refractivity contribution < 1.29 is 4.39 Å². The van der Waals surface area contributed by atoms with Gasteiger partial charge < -0.3 is 5.73 Å². The zero-order valence-electron chi connectivity index (χ0n) is 7.20. The van der Waals surface area contributed by atoms with Gasteiger partial charge in [-0.2, -0.15) is 0 Å². The predicted octanol–water partition coefficient (Wildman–Crippen LogP) is 2.01. The van der Waals surface area contributed by atoms with Gasteiger partial charge in [-0.25, -0.2) is 4.39 Å². The molecule has 0 fully saturated rings. The maximum absolute atomic E-state index is 13.1. The van der Waals surface area contributed by atoms with Gasteiger partial charge in [0.2, 0.25) is 0 Å². The van der Waals surface area contributed by atoms with E-state index in [0.717, 1.165) is 0 Å². The van der Waals surface area contributed by atoms with Gasteiger partial charge in [0, 0.05) is 17.1 Å².